The smallest absolute Gasteiger partial charge is 0.198 e. The predicted molar refractivity (Wildman–Crippen MR) is 63.8 cm³/mol. The van der Waals surface area contributed by atoms with Crippen molar-refractivity contribution in [3.8, 4) is 22.5 Å². The van der Waals surface area contributed by atoms with Crippen molar-refractivity contribution in [2.45, 2.75) is 0 Å². The number of nitrogens with one attached hydrogen (secondary N) is 1. The first kappa shape index (κ1) is 10.6. The molecular formula is C13H8FN4. The number of rotatable bonds is 2. The van der Waals surface area contributed by atoms with Crippen LogP contribution < -0.4 is 0 Å². The molecule has 2 aromatic heterocycles. The van der Waals surface area contributed by atoms with Crippen molar-refractivity contribution >= 4 is 0 Å². The zero-order valence-corrected chi connectivity index (χ0v) is 9.26. The Kier molecular flexibility index (Phi) is 2.57. The van der Waals surface area contributed by atoms with Crippen LogP contribution in [-0.4, -0.2) is 20.2 Å². The maximum Gasteiger partial charge on any atom is 0.198 e. The van der Waals surface area contributed by atoms with Crippen molar-refractivity contribution in [3.05, 3.63) is 54.9 Å². The third-order valence-electron chi connectivity index (χ3n) is 2.57. The van der Waals surface area contributed by atoms with Crippen LogP contribution in [0.1, 0.15) is 0 Å². The van der Waals surface area contributed by atoms with E-state index in [1.165, 1.54) is 12.1 Å². The largest absolute Gasteiger partial charge is 0.284 e. The summed E-state index contributed by atoms with van der Waals surface area (Å²) in [5, 5.41) is 6.96. The molecule has 1 radical (unpaired) electrons. The van der Waals surface area contributed by atoms with Gasteiger partial charge in [-0.2, -0.15) is 5.10 Å². The van der Waals surface area contributed by atoms with Gasteiger partial charge in [0, 0.05) is 23.5 Å². The summed E-state index contributed by atoms with van der Waals surface area (Å²) >= 11 is 0. The first-order chi connectivity index (χ1) is 8.84. The van der Waals surface area contributed by atoms with Gasteiger partial charge in [0.2, 0.25) is 0 Å². The maximum atomic E-state index is 12.9. The molecule has 18 heavy (non-hydrogen) atoms. The first-order valence-electron chi connectivity index (χ1n) is 5.34. The van der Waals surface area contributed by atoms with Crippen LogP contribution in [0.5, 0.6) is 0 Å². The number of aromatic nitrogens is 4. The standard InChI is InChI=1S/C13H8FN4/c14-10-3-1-9(2-4-10)13-11(7-17-18-13)12-5-6-15-8-16-12/h1-7H,(H,17,18). The van der Waals surface area contributed by atoms with Crippen molar-refractivity contribution in [1.82, 2.24) is 20.2 Å². The van der Waals surface area contributed by atoms with E-state index in [0.29, 0.717) is 0 Å². The monoisotopic (exact) mass is 239 g/mol. The van der Waals surface area contributed by atoms with Crippen molar-refractivity contribution in [2.24, 2.45) is 0 Å². The molecule has 0 fully saturated rings. The molecule has 2 heterocycles. The number of aromatic amines is 1. The zero-order chi connectivity index (χ0) is 12.4. The van der Waals surface area contributed by atoms with E-state index in [1.54, 1.807) is 30.6 Å². The van der Waals surface area contributed by atoms with Gasteiger partial charge in [-0.1, -0.05) is 0 Å². The molecule has 87 valence electrons. The Labute approximate surface area is 103 Å². The molecule has 0 aliphatic carbocycles. The highest BCUT2D eigenvalue weighted by Gasteiger charge is 2.11. The third-order valence-corrected chi connectivity index (χ3v) is 2.57. The Morgan fingerprint density at radius 2 is 1.94 bits per heavy atom. The van der Waals surface area contributed by atoms with Gasteiger partial charge < -0.3 is 0 Å². The summed E-state index contributed by atoms with van der Waals surface area (Å²) in [6, 6.07) is 7.94. The minimum Gasteiger partial charge on any atom is -0.284 e. The fourth-order valence-corrected chi connectivity index (χ4v) is 1.72. The van der Waals surface area contributed by atoms with Crippen LogP contribution >= 0.6 is 0 Å². The summed E-state index contributed by atoms with van der Waals surface area (Å²) < 4.78 is 12.9. The summed E-state index contributed by atoms with van der Waals surface area (Å²) in [5.41, 5.74) is 3.10. The van der Waals surface area contributed by atoms with Gasteiger partial charge in [0.05, 0.1) is 5.69 Å². The second-order valence-corrected chi connectivity index (χ2v) is 3.70. The molecular weight excluding hydrogens is 231 g/mol. The summed E-state index contributed by atoms with van der Waals surface area (Å²) in [4.78, 5) is 7.81. The Balaban J connectivity index is 2.10. The second-order valence-electron chi connectivity index (χ2n) is 3.70. The van der Waals surface area contributed by atoms with Crippen LogP contribution in [-0.2, 0) is 0 Å². The molecule has 1 aromatic carbocycles. The molecule has 0 atom stereocenters. The Bertz CT molecular complexity index is 646. The van der Waals surface area contributed by atoms with Gasteiger partial charge in [0.25, 0.3) is 0 Å². The quantitative estimate of drug-likeness (QED) is 0.747. The molecule has 5 heteroatoms. The van der Waals surface area contributed by atoms with Crippen LogP contribution in [0, 0.1) is 12.1 Å². The maximum absolute atomic E-state index is 12.9. The summed E-state index contributed by atoms with van der Waals surface area (Å²) in [7, 11) is 0. The number of H-pyrrole nitrogens is 1. The Morgan fingerprint density at radius 3 is 2.67 bits per heavy atom. The summed E-state index contributed by atoms with van der Waals surface area (Å²) in [5.74, 6) is -0.272. The lowest BCUT2D eigenvalue weighted by molar-refractivity contribution is 0.628. The lowest BCUT2D eigenvalue weighted by atomic mass is 10.1. The highest BCUT2D eigenvalue weighted by Crippen LogP contribution is 2.28. The molecule has 0 amide bonds. The van der Waals surface area contributed by atoms with Crippen LogP contribution in [0.2, 0.25) is 0 Å². The summed E-state index contributed by atoms with van der Waals surface area (Å²) in [6.07, 6.45) is 5.90. The van der Waals surface area contributed by atoms with E-state index in [2.05, 4.69) is 26.5 Å². The molecule has 0 spiro atoms. The van der Waals surface area contributed by atoms with Gasteiger partial charge in [0.15, 0.2) is 6.33 Å². The van der Waals surface area contributed by atoms with Crippen molar-refractivity contribution in [2.75, 3.05) is 0 Å². The predicted octanol–water partition coefficient (Wildman–Crippen LogP) is 2.47. The molecule has 0 saturated carbocycles. The molecule has 3 aromatic rings. The minimum absolute atomic E-state index is 0.272. The third kappa shape index (κ3) is 1.86. The van der Waals surface area contributed by atoms with E-state index in [0.717, 1.165) is 22.5 Å². The highest BCUT2D eigenvalue weighted by molar-refractivity contribution is 5.78. The SMILES string of the molecule is Fc1ccc(-c2n[nH]cc2-c2ccn[c]n2)cc1. The van der Waals surface area contributed by atoms with Crippen molar-refractivity contribution in [1.29, 1.82) is 0 Å². The molecule has 1 N–H and O–H groups in total. The zero-order valence-electron chi connectivity index (χ0n) is 9.26. The summed E-state index contributed by atoms with van der Waals surface area (Å²) in [6.45, 7) is 0. The lowest BCUT2D eigenvalue weighted by Crippen LogP contribution is -1.86. The van der Waals surface area contributed by atoms with Crippen LogP contribution in [0.25, 0.3) is 22.5 Å². The van der Waals surface area contributed by atoms with Gasteiger partial charge in [-0.15, -0.1) is 0 Å². The Hall–Kier alpha value is -2.56. The van der Waals surface area contributed by atoms with Gasteiger partial charge in [-0.25, -0.2) is 14.4 Å². The van der Waals surface area contributed by atoms with E-state index >= 15 is 0 Å². The van der Waals surface area contributed by atoms with E-state index in [-0.39, 0.29) is 5.82 Å². The van der Waals surface area contributed by atoms with Crippen molar-refractivity contribution < 1.29 is 4.39 Å². The number of hydrogen-bond donors (Lipinski definition) is 1. The number of hydrogen-bond acceptors (Lipinski definition) is 3. The Morgan fingerprint density at radius 1 is 1.11 bits per heavy atom. The first-order valence-corrected chi connectivity index (χ1v) is 5.34. The normalized spacial score (nSPS) is 10.5. The van der Waals surface area contributed by atoms with E-state index in [1.807, 2.05) is 0 Å². The minimum atomic E-state index is -0.272. The van der Waals surface area contributed by atoms with Gasteiger partial charge >= 0.3 is 0 Å². The molecule has 0 saturated heterocycles. The molecule has 0 unspecified atom stereocenters. The van der Waals surface area contributed by atoms with Crippen molar-refractivity contribution in [3.63, 3.8) is 0 Å². The fraction of sp³-hybridized carbons (Fsp3) is 0. The van der Waals surface area contributed by atoms with Crippen LogP contribution in [0.3, 0.4) is 0 Å². The average Bonchev–Trinajstić information content (AvgIpc) is 2.90. The molecule has 0 bridgehead atoms. The highest BCUT2D eigenvalue weighted by atomic mass is 19.1. The van der Waals surface area contributed by atoms with Gasteiger partial charge in [-0.05, 0) is 30.3 Å². The van der Waals surface area contributed by atoms with Crippen LogP contribution in [0.4, 0.5) is 4.39 Å². The van der Waals surface area contributed by atoms with E-state index < -0.39 is 0 Å². The fourth-order valence-electron chi connectivity index (χ4n) is 1.72. The van der Waals surface area contributed by atoms with Gasteiger partial charge in [-0.3, -0.25) is 5.10 Å². The van der Waals surface area contributed by atoms with E-state index in [9.17, 15) is 4.39 Å². The second kappa shape index (κ2) is 4.37. The van der Waals surface area contributed by atoms with E-state index in [4.69, 9.17) is 0 Å². The lowest BCUT2D eigenvalue weighted by Gasteiger charge is -2.01. The van der Waals surface area contributed by atoms with Gasteiger partial charge in [0.1, 0.15) is 11.5 Å². The molecule has 4 nitrogen and oxygen atoms in total. The molecule has 3 rings (SSSR count). The molecule has 0 aliphatic heterocycles. The topological polar surface area (TPSA) is 54.5 Å². The number of nitrogens with zero attached hydrogens (tertiary/aromatic N) is 3. The number of halogens is 1. The molecule has 0 aliphatic rings. The number of benzene rings is 1. The average molecular weight is 239 g/mol. The van der Waals surface area contributed by atoms with Crippen LogP contribution in [0.15, 0.2) is 42.7 Å².